The third-order valence-electron chi connectivity index (χ3n) is 4.97. The molecule has 2 saturated heterocycles. The van der Waals surface area contributed by atoms with Crippen molar-refractivity contribution in [1.29, 1.82) is 0 Å². The Hall–Kier alpha value is -0.950. The Balaban J connectivity index is 1.34. The first kappa shape index (κ1) is 16.9. The number of amides is 3. The van der Waals surface area contributed by atoms with Gasteiger partial charge in [-0.2, -0.15) is 11.8 Å². The number of fused-ring (bicyclic) bond motifs is 1. The van der Waals surface area contributed by atoms with Crippen LogP contribution in [-0.4, -0.2) is 64.7 Å². The van der Waals surface area contributed by atoms with Crippen molar-refractivity contribution in [2.45, 2.75) is 55.9 Å². The van der Waals surface area contributed by atoms with Gasteiger partial charge in [0.15, 0.2) is 0 Å². The molecule has 0 unspecified atom stereocenters. The van der Waals surface area contributed by atoms with Gasteiger partial charge in [0.05, 0.1) is 18.7 Å². The molecular formula is C16H27N3O3S. The maximum Gasteiger partial charge on any atom is 0.315 e. The van der Waals surface area contributed by atoms with Crippen LogP contribution in [0.15, 0.2) is 0 Å². The normalized spacial score (nSPS) is 29.1. The van der Waals surface area contributed by atoms with Crippen molar-refractivity contribution in [1.82, 2.24) is 15.5 Å². The van der Waals surface area contributed by atoms with Gasteiger partial charge in [-0.25, -0.2) is 4.79 Å². The number of rotatable bonds is 9. The van der Waals surface area contributed by atoms with Gasteiger partial charge in [0, 0.05) is 30.5 Å². The molecule has 6 nitrogen and oxygen atoms in total. The van der Waals surface area contributed by atoms with E-state index >= 15 is 0 Å². The van der Waals surface area contributed by atoms with Crippen LogP contribution >= 0.6 is 11.8 Å². The van der Waals surface area contributed by atoms with Crippen molar-refractivity contribution in [3.63, 3.8) is 0 Å². The van der Waals surface area contributed by atoms with Crippen LogP contribution in [0, 0.1) is 5.92 Å². The first-order valence-corrected chi connectivity index (χ1v) is 9.79. The highest BCUT2D eigenvalue weighted by molar-refractivity contribution is 8.00. The molecule has 0 aromatic rings. The fourth-order valence-electron chi connectivity index (χ4n) is 3.47. The summed E-state index contributed by atoms with van der Waals surface area (Å²) in [5, 5.41) is 15.5. The largest absolute Gasteiger partial charge is 0.395 e. The fraction of sp³-hybridized carbons (Fsp3) is 0.875. The molecule has 0 spiro atoms. The number of thioether (sulfide) groups is 1. The second-order valence-electron chi connectivity index (χ2n) is 6.87. The van der Waals surface area contributed by atoms with Crippen LogP contribution in [0.1, 0.15) is 38.5 Å². The average Bonchev–Trinajstić information content (AvgIpc) is 3.16. The summed E-state index contributed by atoms with van der Waals surface area (Å²) in [6.45, 7) is 1.33. The molecule has 2 aliphatic heterocycles. The van der Waals surface area contributed by atoms with E-state index in [1.165, 1.54) is 12.8 Å². The summed E-state index contributed by atoms with van der Waals surface area (Å²) >= 11 is 1.92. The predicted molar refractivity (Wildman–Crippen MR) is 90.3 cm³/mol. The van der Waals surface area contributed by atoms with E-state index in [9.17, 15) is 9.59 Å². The second kappa shape index (κ2) is 7.75. The zero-order valence-corrected chi connectivity index (χ0v) is 14.3. The standard InChI is InChI=1S/C16H27N3O3S/c20-8-7-19(9-11-5-6-11)14(21)4-2-1-3-13-15-12(10-23-13)17-16(22)18-15/h11-13,15,20H,1-10H2,(H2,17,18,22)/t12-,13-,15-/m0/s1. The molecule has 23 heavy (non-hydrogen) atoms. The molecule has 0 radical (unpaired) electrons. The summed E-state index contributed by atoms with van der Waals surface area (Å²) < 4.78 is 0. The van der Waals surface area contributed by atoms with Crippen molar-refractivity contribution in [2.24, 2.45) is 5.92 Å². The highest BCUT2D eigenvalue weighted by Crippen LogP contribution is 2.33. The molecular weight excluding hydrogens is 314 g/mol. The monoisotopic (exact) mass is 341 g/mol. The molecule has 3 rings (SSSR count). The van der Waals surface area contributed by atoms with E-state index in [0.717, 1.165) is 31.6 Å². The number of unbranched alkanes of at least 4 members (excludes halogenated alkanes) is 1. The van der Waals surface area contributed by atoms with Crippen molar-refractivity contribution >= 4 is 23.7 Å². The lowest BCUT2D eigenvalue weighted by Crippen LogP contribution is -2.37. The number of carbonyl (C=O) groups excluding carboxylic acids is 2. The van der Waals surface area contributed by atoms with Crippen molar-refractivity contribution < 1.29 is 14.7 Å². The summed E-state index contributed by atoms with van der Waals surface area (Å²) in [5.41, 5.74) is 0. The van der Waals surface area contributed by atoms with Crippen molar-refractivity contribution in [3.8, 4) is 0 Å². The Morgan fingerprint density at radius 2 is 2.13 bits per heavy atom. The number of nitrogens with zero attached hydrogens (tertiary/aromatic N) is 1. The third kappa shape index (κ3) is 4.53. The van der Waals surface area contributed by atoms with Gasteiger partial charge >= 0.3 is 6.03 Å². The topological polar surface area (TPSA) is 81.7 Å². The summed E-state index contributed by atoms with van der Waals surface area (Å²) in [4.78, 5) is 25.4. The lowest BCUT2D eigenvalue weighted by molar-refractivity contribution is -0.132. The van der Waals surface area contributed by atoms with Gasteiger partial charge in [-0.15, -0.1) is 0 Å². The summed E-state index contributed by atoms with van der Waals surface area (Å²) in [5.74, 6) is 1.83. The lowest BCUT2D eigenvalue weighted by atomic mass is 10.0. The van der Waals surface area contributed by atoms with Crippen LogP contribution in [0.3, 0.4) is 0 Å². The van der Waals surface area contributed by atoms with Crippen LogP contribution < -0.4 is 10.6 Å². The predicted octanol–water partition coefficient (Wildman–Crippen LogP) is 0.943. The van der Waals surface area contributed by atoms with Gasteiger partial charge in [0.1, 0.15) is 0 Å². The van der Waals surface area contributed by atoms with Gasteiger partial charge < -0.3 is 20.6 Å². The van der Waals surface area contributed by atoms with Gasteiger partial charge in [-0.05, 0) is 31.6 Å². The Morgan fingerprint density at radius 1 is 1.30 bits per heavy atom. The molecule has 0 bridgehead atoms. The Bertz CT molecular complexity index is 444. The van der Waals surface area contributed by atoms with E-state index in [4.69, 9.17) is 5.11 Å². The van der Waals surface area contributed by atoms with Crippen LogP contribution in [0.2, 0.25) is 0 Å². The first-order valence-electron chi connectivity index (χ1n) is 8.74. The SMILES string of the molecule is O=C1N[C@H]2[C@H](CS[C@H]2CCCCC(=O)N(CCO)CC2CC2)N1. The molecule has 1 aliphatic carbocycles. The zero-order valence-electron chi connectivity index (χ0n) is 13.5. The summed E-state index contributed by atoms with van der Waals surface area (Å²) in [6.07, 6.45) is 5.96. The van der Waals surface area contributed by atoms with Crippen LogP contribution in [0.25, 0.3) is 0 Å². The van der Waals surface area contributed by atoms with E-state index in [0.29, 0.717) is 24.1 Å². The van der Waals surface area contributed by atoms with Gasteiger partial charge in [0.25, 0.3) is 0 Å². The summed E-state index contributed by atoms with van der Waals surface area (Å²) in [6, 6.07) is 0.488. The molecule has 2 heterocycles. The van der Waals surface area contributed by atoms with Gasteiger partial charge in [-0.1, -0.05) is 6.42 Å². The van der Waals surface area contributed by atoms with E-state index in [1.807, 2.05) is 16.7 Å². The number of hydrogen-bond acceptors (Lipinski definition) is 4. The maximum atomic E-state index is 12.3. The molecule has 7 heteroatoms. The smallest absolute Gasteiger partial charge is 0.315 e. The van der Waals surface area contributed by atoms with Crippen LogP contribution in [-0.2, 0) is 4.79 Å². The highest BCUT2D eigenvalue weighted by Gasteiger charge is 2.42. The Labute approximate surface area is 141 Å². The molecule has 3 aliphatic rings. The van der Waals surface area contributed by atoms with E-state index in [2.05, 4.69) is 10.6 Å². The first-order chi connectivity index (χ1) is 11.2. The molecule has 3 atom stereocenters. The Kier molecular flexibility index (Phi) is 5.69. The Morgan fingerprint density at radius 3 is 2.87 bits per heavy atom. The van der Waals surface area contributed by atoms with Crippen molar-refractivity contribution in [2.75, 3.05) is 25.4 Å². The number of aliphatic hydroxyl groups excluding tert-OH is 1. The maximum absolute atomic E-state index is 12.3. The molecule has 3 N–H and O–H groups in total. The fourth-order valence-corrected chi connectivity index (χ4v) is 5.02. The zero-order chi connectivity index (χ0) is 16.2. The van der Waals surface area contributed by atoms with E-state index in [-0.39, 0.29) is 30.6 Å². The molecule has 0 aromatic heterocycles. The third-order valence-corrected chi connectivity index (χ3v) is 6.47. The summed E-state index contributed by atoms with van der Waals surface area (Å²) in [7, 11) is 0. The number of aliphatic hydroxyl groups is 1. The van der Waals surface area contributed by atoms with E-state index in [1.54, 1.807) is 0 Å². The average molecular weight is 341 g/mol. The van der Waals surface area contributed by atoms with Gasteiger partial charge in [0.2, 0.25) is 5.91 Å². The van der Waals surface area contributed by atoms with Gasteiger partial charge in [-0.3, -0.25) is 4.79 Å². The highest BCUT2D eigenvalue weighted by atomic mass is 32.2. The second-order valence-corrected chi connectivity index (χ2v) is 8.15. The number of carbonyl (C=O) groups is 2. The van der Waals surface area contributed by atoms with Crippen LogP contribution in [0.4, 0.5) is 4.79 Å². The minimum absolute atomic E-state index is 0.0415. The minimum Gasteiger partial charge on any atom is -0.395 e. The number of urea groups is 1. The molecule has 0 aromatic carbocycles. The lowest BCUT2D eigenvalue weighted by Gasteiger charge is -2.22. The molecule has 3 fully saturated rings. The quantitative estimate of drug-likeness (QED) is 0.431. The molecule has 1 saturated carbocycles. The molecule has 3 amide bonds. The van der Waals surface area contributed by atoms with Crippen LogP contribution in [0.5, 0.6) is 0 Å². The van der Waals surface area contributed by atoms with Crippen molar-refractivity contribution in [3.05, 3.63) is 0 Å². The minimum atomic E-state index is -0.0415. The molecule has 130 valence electrons. The number of hydrogen-bond donors (Lipinski definition) is 3. The van der Waals surface area contributed by atoms with E-state index < -0.39 is 0 Å². The number of nitrogens with one attached hydrogen (secondary N) is 2.